The number of carbonyl (C=O) groups is 1. The first kappa shape index (κ1) is 9.78. The third-order valence-electron chi connectivity index (χ3n) is 0.921. The number of hydrogen-bond acceptors (Lipinski definition) is 3. The summed E-state index contributed by atoms with van der Waals surface area (Å²) in [7, 11) is 0. The number of thioether (sulfide) groups is 1. The maximum absolute atomic E-state index is 9.73. The van der Waals surface area contributed by atoms with Crippen molar-refractivity contribution in [2.24, 2.45) is 0 Å². The zero-order valence-electron chi connectivity index (χ0n) is 5.88. The van der Waals surface area contributed by atoms with E-state index < -0.39 is 0 Å². The van der Waals surface area contributed by atoms with Gasteiger partial charge in [-0.25, -0.2) is 0 Å². The van der Waals surface area contributed by atoms with E-state index >= 15 is 0 Å². The maximum Gasteiger partial charge on any atom is 0.207 e. The van der Waals surface area contributed by atoms with Crippen LogP contribution >= 0.6 is 11.8 Å². The third kappa shape index (κ3) is 7.78. The van der Waals surface area contributed by atoms with Crippen LogP contribution in [0.1, 0.15) is 6.42 Å². The molecular weight excluding hydrogens is 150 g/mol. The van der Waals surface area contributed by atoms with E-state index in [1.807, 2.05) is 0 Å². The van der Waals surface area contributed by atoms with E-state index in [9.17, 15) is 4.79 Å². The Morgan fingerprint density at radius 1 is 1.50 bits per heavy atom. The van der Waals surface area contributed by atoms with Crippen molar-refractivity contribution >= 4 is 18.2 Å². The fraction of sp³-hybridized carbons (Fsp3) is 0.833. The van der Waals surface area contributed by atoms with Gasteiger partial charge in [-0.15, -0.1) is 0 Å². The van der Waals surface area contributed by atoms with Gasteiger partial charge in [0.15, 0.2) is 0 Å². The fourth-order valence-electron chi connectivity index (χ4n) is 0.459. The number of nitrogens with one attached hydrogen (secondary N) is 1. The molecule has 0 saturated heterocycles. The molecule has 0 aliphatic rings. The molecule has 0 heterocycles. The largest absolute Gasteiger partial charge is 0.396 e. The minimum atomic E-state index is 0.258. The van der Waals surface area contributed by atoms with Gasteiger partial charge in [0.1, 0.15) is 0 Å². The van der Waals surface area contributed by atoms with Crippen molar-refractivity contribution in [1.29, 1.82) is 0 Å². The van der Waals surface area contributed by atoms with Crippen molar-refractivity contribution in [2.75, 3.05) is 24.7 Å². The molecule has 0 spiro atoms. The van der Waals surface area contributed by atoms with Crippen LogP contribution in [0.15, 0.2) is 0 Å². The van der Waals surface area contributed by atoms with Crippen LogP contribution in [0.5, 0.6) is 0 Å². The van der Waals surface area contributed by atoms with Gasteiger partial charge in [-0.3, -0.25) is 4.79 Å². The number of rotatable bonds is 7. The first-order chi connectivity index (χ1) is 4.91. The lowest BCUT2D eigenvalue weighted by atomic mass is 10.5. The topological polar surface area (TPSA) is 49.3 Å². The first-order valence-electron chi connectivity index (χ1n) is 3.27. The number of amides is 1. The van der Waals surface area contributed by atoms with Gasteiger partial charge in [0, 0.05) is 18.9 Å². The monoisotopic (exact) mass is 163 g/mol. The Labute approximate surface area is 65.2 Å². The Bertz CT molecular complexity index is 80.1. The fourth-order valence-corrected chi connectivity index (χ4v) is 1.26. The van der Waals surface area contributed by atoms with E-state index in [1.54, 1.807) is 11.8 Å². The quantitative estimate of drug-likeness (QED) is 0.405. The molecule has 4 heteroatoms. The first-order valence-corrected chi connectivity index (χ1v) is 4.43. The highest BCUT2D eigenvalue weighted by atomic mass is 32.2. The highest BCUT2D eigenvalue weighted by Gasteiger charge is 1.86. The average molecular weight is 163 g/mol. The van der Waals surface area contributed by atoms with Crippen LogP contribution in [0.2, 0.25) is 0 Å². The third-order valence-corrected chi connectivity index (χ3v) is 1.99. The number of aliphatic hydroxyl groups excluding tert-OH is 1. The summed E-state index contributed by atoms with van der Waals surface area (Å²) in [6.07, 6.45) is 1.54. The molecule has 0 unspecified atom stereocenters. The second kappa shape index (κ2) is 8.78. The van der Waals surface area contributed by atoms with Crippen LogP contribution in [-0.4, -0.2) is 36.2 Å². The highest BCUT2D eigenvalue weighted by molar-refractivity contribution is 7.99. The minimum absolute atomic E-state index is 0.258. The molecule has 60 valence electrons. The zero-order valence-corrected chi connectivity index (χ0v) is 6.69. The Morgan fingerprint density at radius 2 is 2.30 bits per heavy atom. The molecule has 3 nitrogen and oxygen atoms in total. The number of hydrogen-bond donors (Lipinski definition) is 2. The van der Waals surface area contributed by atoms with Crippen LogP contribution in [0.4, 0.5) is 0 Å². The second-order valence-corrected chi connectivity index (χ2v) is 2.99. The second-order valence-electron chi connectivity index (χ2n) is 1.76. The highest BCUT2D eigenvalue weighted by Crippen LogP contribution is 1.99. The molecule has 0 aliphatic carbocycles. The van der Waals surface area contributed by atoms with E-state index in [-0.39, 0.29) is 6.61 Å². The molecule has 0 aromatic heterocycles. The van der Waals surface area contributed by atoms with E-state index in [0.717, 1.165) is 24.5 Å². The van der Waals surface area contributed by atoms with Gasteiger partial charge in [0.05, 0.1) is 0 Å². The van der Waals surface area contributed by atoms with Crippen LogP contribution in [0.25, 0.3) is 0 Å². The summed E-state index contributed by atoms with van der Waals surface area (Å²) < 4.78 is 0. The van der Waals surface area contributed by atoms with Crippen molar-refractivity contribution in [1.82, 2.24) is 5.32 Å². The van der Waals surface area contributed by atoms with E-state index in [4.69, 9.17) is 5.11 Å². The van der Waals surface area contributed by atoms with Crippen LogP contribution in [0, 0.1) is 0 Å². The predicted molar refractivity (Wildman–Crippen MR) is 43.1 cm³/mol. The number of carbonyl (C=O) groups excluding carboxylic acids is 1. The van der Waals surface area contributed by atoms with Gasteiger partial charge in [-0.1, -0.05) is 0 Å². The van der Waals surface area contributed by atoms with Crippen molar-refractivity contribution in [2.45, 2.75) is 6.42 Å². The van der Waals surface area contributed by atoms with Crippen LogP contribution in [0.3, 0.4) is 0 Å². The minimum Gasteiger partial charge on any atom is -0.396 e. The zero-order chi connectivity index (χ0) is 7.66. The van der Waals surface area contributed by atoms with E-state index in [0.29, 0.717) is 6.41 Å². The lowest BCUT2D eigenvalue weighted by molar-refractivity contribution is -0.109. The van der Waals surface area contributed by atoms with Crippen molar-refractivity contribution < 1.29 is 9.90 Å². The van der Waals surface area contributed by atoms with Crippen LogP contribution < -0.4 is 5.32 Å². The molecule has 0 saturated carbocycles. The Balaban J connectivity index is 2.70. The molecule has 0 aromatic rings. The summed E-state index contributed by atoms with van der Waals surface area (Å²) in [5.74, 6) is 1.90. The van der Waals surface area contributed by atoms with E-state index in [2.05, 4.69) is 5.32 Å². The molecule has 0 bridgehead atoms. The van der Waals surface area contributed by atoms with Gasteiger partial charge in [-0.05, 0) is 12.2 Å². The normalized spacial score (nSPS) is 9.30. The molecule has 0 radical (unpaired) electrons. The molecular formula is C6H13NO2S. The lowest BCUT2D eigenvalue weighted by Gasteiger charge is -1.97. The van der Waals surface area contributed by atoms with Crippen molar-refractivity contribution in [3.05, 3.63) is 0 Å². The van der Waals surface area contributed by atoms with Crippen molar-refractivity contribution in [3.63, 3.8) is 0 Å². The van der Waals surface area contributed by atoms with Crippen LogP contribution in [-0.2, 0) is 4.79 Å². The summed E-state index contributed by atoms with van der Waals surface area (Å²) >= 11 is 1.74. The molecule has 0 atom stereocenters. The summed E-state index contributed by atoms with van der Waals surface area (Å²) in [6.45, 7) is 0.980. The van der Waals surface area contributed by atoms with Gasteiger partial charge >= 0.3 is 0 Å². The molecule has 2 N–H and O–H groups in total. The van der Waals surface area contributed by atoms with Crippen molar-refractivity contribution in [3.8, 4) is 0 Å². The summed E-state index contributed by atoms with van der Waals surface area (Å²) in [4.78, 5) is 9.73. The molecule has 1 amide bonds. The summed E-state index contributed by atoms with van der Waals surface area (Å²) in [5.41, 5.74) is 0. The molecule has 0 rings (SSSR count). The van der Waals surface area contributed by atoms with Gasteiger partial charge < -0.3 is 10.4 Å². The van der Waals surface area contributed by atoms with E-state index in [1.165, 1.54) is 0 Å². The maximum atomic E-state index is 9.73. The Kier molecular flexibility index (Phi) is 8.59. The summed E-state index contributed by atoms with van der Waals surface area (Å²) in [5, 5.41) is 10.9. The summed E-state index contributed by atoms with van der Waals surface area (Å²) in [6, 6.07) is 0. The smallest absolute Gasteiger partial charge is 0.207 e. The molecule has 10 heavy (non-hydrogen) atoms. The number of aliphatic hydroxyl groups is 1. The van der Waals surface area contributed by atoms with Gasteiger partial charge in [0.25, 0.3) is 0 Å². The molecule has 0 fully saturated rings. The predicted octanol–water partition coefficient (Wildman–Crippen LogP) is -0.152. The lowest BCUT2D eigenvalue weighted by Crippen LogP contribution is -2.14. The van der Waals surface area contributed by atoms with Gasteiger partial charge in [-0.2, -0.15) is 11.8 Å². The average Bonchev–Trinajstić information content (AvgIpc) is 1.97. The molecule has 0 aromatic carbocycles. The molecule has 0 aliphatic heterocycles. The Hall–Kier alpha value is -0.220. The van der Waals surface area contributed by atoms with Gasteiger partial charge in [0.2, 0.25) is 6.41 Å². The SMILES string of the molecule is O=CNCCSCCCO. The Morgan fingerprint density at radius 3 is 2.90 bits per heavy atom. The standard InChI is InChI=1S/C6H13NO2S/c8-3-1-4-10-5-2-7-6-9/h6,8H,1-5H2,(H,7,9).